The van der Waals surface area contributed by atoms with Crippen LogP contribution in [0.1, 0.15) is 26.3 Å². The van der Waals surface area contributed by atoms with E-state index in [1.54, 1.807) is 0 Å². The fourth-order valence-electron chi connectivity index (χ4n) is 0.868. The second-order valence-electron chi connectivity index (χ2n) is 3.35. The van der Waals surface area contributed by atoms with Crippen molar-refractivity contribution in [1.82, 2.24) is 0 Å². The van der Waals surface area contributed by atoms with Crippen molar-refractivity contribution in [2.75, 3.05) is 5.88 Å². The maximum absolute atomic E-state index is 5.86. The Labute approximate surface area is 85.9 Å². The first-order valence-electron chi connectivity index (χ1n) is 4.42. The van der Waals surface area contributed by atoms with Crippen LogP contribution in [0.5, 0.6) is 0 Å². The topological polar surface area (TPSA) is 26.0 Å². The monoisotopic (exact) mass is 199 g/mol. The summed E-state index contributed by atoms with van der Waals surface area (Å²) in [5, 5.41) is 0. The van der Waals surface area contributed by atoms with Crippen LogP contribution in [0.4, 0.5) is 0 Å². The smallest absolute Gasteiger partial charge is 0.0352 e. The summed E-state index contributed by atoms with van der Waals surface area (Å²) in [5.74, 6) is 0.722. The van der Waals surface area contributed by atoms with Gasteiger partial charge in [0, 0.05) is 11.4 Å². The minimum absolute atomic E-state index is 0.207. The number of hydrogen-bond donors (Lipinski definition) is 1. The highest BCUT2D eigenvalue weighted by molar-refractivity contribution is 6.17. The Morgan fingerprint density at radius 3 is 1.85 bits per heavy atom. The fourth-order valence-corrected chi connectivity index (χ4v) is 0.868. The minimum Gasteiger partial charge on any atom is -0.322 e. The third-order valence-electron chi connectivity index (χ3n) is 1.52. The maximum atomic E-state index is 5.86. The van der Waals surface area contributed by atoms with E-state index in [9.17, 15) is 0 Å². The first-order valence-corrected chi connectivity index (χ1v) is 4.96. The van der Waals surface area contributed by atoms with Crippen molar-refractivity contribution >= 4 is 11.6 Å². The van der Waals surface area contributed by atoms with Crippen molar-refractivity contribution in [1.29, 1.82) is 0 Å². The van der Waals surface area contributed by atoms with E-state index in [-0.39, 0.29) is 5.54 Å². The number of alkyl halides is 1. The molecular weight excluding hydrogens is 182 g/mol. The van der Waals surface area contributed by atoms with Crippen LogP contribution in [0, 0.1) is 0 Å². The molecule has 0 saturated carbocycles. The molecule has 0 fully saturated rings. The Kier molecular flexibility index (Phi) is 5.76. The van der Waals surface area contributed by atoms with Gasteiger partial charge in [0.25, 0.3) is 0 Å². The average molecular weight is 200 g/mol. The van der Waals surface area contributed by atoms with Crippen LogP contribution in [-0.2, 0) is 5.54 Å². The van der Waals surface area contributed by atoms with E-state index in [0.29, 0.717) is 0 Å². The molecule has 0 amide bonds. The molecule has 2 heteroatoms. The van der Waals surface area contributed by atoms with Gasteiger partial charge in [0.15, 0.2) is 0 Å². The van der Waals surface area contributed by atoms with Gasteiger partial charge in [-0.3, -0.25) is 0 Å². The Morgan fingerprint density at radius 2 is 1.62 bits per heavy atom. The molecular formula is C11H18ClN. The summed E-state index contributed by atoms with van der Waals surface area (Å²) < 4.78 is 0. The summed E-state index contributed by atoms with van der Waals surface area (Å²) in [6.07, 6.45) is 0. The van der Waals surface area contributed by atoms with E-state index in [1.807, 2.05) is 51.1 Å². The highest BCUT2D eigenvalue weighted by atomic mass is 35.5. The summed E-state index contributed by atoms with van der Waals surface area (Å²) in [7, 11) is 0. The predicted molar refractivity (Wildman–Crippen MR) is 60.0 cm³/mol. The zero-order chi connectivity index (χ0) is 10.3. The number of benzene rings is 1. The van der Waals surface area contributed by atoms with E-state index in [2.05, 4.69) is 0 Å². The SMILES string of the molecule is CC(C)(N)c1ccccc1.CCCl. The largest absolute Gasteiger partial charge is 0.322 e. The van der Waals surface area contributed by atoms with Gasteiger partial charge in [0.05, 0.1) is 0 Å². The van der Waals surface area contributed by atoms with Crippen LogP contribution in [-0.4, -0.2) is 5.88 Å². The van der Waals surface area contributed by atoms with Gasteiger partial charge in [-0.25, -0.2) is 0 Å². The number of halogens is 1. The molecule has 0 spiro atoms. The normalized spacial score (nSPS) is 10.2. The van der Waals surface area contributed by atoms with E-state index in [0.717, 1.165) is 5.88 Å². The van der Waals surface area contributed by atoms with E-state index < -0.39 is 0 Å². The van der Waals surface area contributed by atoms with Crippen LogP contribution in [0.25, 0.3) is 0 Å². The van der Waals surface area contributed by atoms with Crippen LogP contribution >= 0.6 is 11.6 Å². The van der Waals surface area contributed by atoms with Gasteiger partial charge in [-0.2, -0.15) is 0 Å². The first-order chi connectivity index (χ1) is 6.02. The standard InChI is InChI=1S/C9H13N.C2H5Cl/c1-9(2,10)8-6-4-3-5-7-8;1-2-3/h3-7H,10H2,1-2H3;2H2,1H3. The lowest BCUT2D eigenvalue weighted by Gasteiger charge is -2.18. The summed E-state index contributed by atoms with van der Waals surface area (Å²) in [5.41, 5.74) is 6.83. The molecule has 0 aliphatic heterocycles. The van der Waals surface area contributed by atoms with Gasteiger partial charge in [-0.15, -0.1) is 11.6 Å². The van der Waals surface area contributed by atoms with Crippen molar-refractivity contribution < 1.29 is 0 Å². The van der Waals surface area contributed by atoms with Gasteiger partial charge in [-0.1, -0.05) is 37.3 Å². The van der Waals surface area contributed by atoms with Gasteiger partial charge < -0.3 is 5.73 Å². The third kappa shape index (κ3) is 5.67. The van der Waals surface area contributed by atoms with Gasteiger partial charge in [0.2, 0.25) is 0 Å². The molecule has 1 aromatic rings. The molecule has 2 N–H and O–H groups in total. The highest BCUT2D eigenvalue weighted by Gasteiger charge is 2.11. The molecule has 0 heterocycles. The Balaban J connectivity index is 0.000000424. The average Bonchev–Trinajstić information content (AvgIpc) is 2.06. The van der Waals surface area contributed by atoms with Crippen LogP contribution in [0.2, 0.25) is 0 Å². The lowest BCUT2D eigenvalue weighted by atomic mass is 9.96. The molecule has 1 rings (SSSR count). The molecule has 0 aromatic heterocycles. The van der Waals surface area contributed by atoms with Gasteiger partial charge >= 0.3 is 0 Å². The molecule has 0 bridgehead atoms. The lowest BCUT2D eigenvalue weighted by Crippen LogP contribution is -2.28. The summed E-state index contributed by atoms with van der Waals surface area (Å²) in [6.45, 7) is 5.90. The molecule has 13 heavy (non-hydrogen) atoms. The number of rotatable bonds is 1. The molecule has 0 atom stereocenters. The fraction of sp³-hybridized carbons (Fsp3) is 0.455. The molecule has 1 nitrogen and oxygen atoms in total. The van der Waals surface area contributed by atoms with E-state index in [4.69, 9.17) is 17.3 Å². The molecule has 0 aliphatic carbocycles. The molecule has 0 unspecified atom stereocenters. The quantitative estimate of drug-likeness (QED) is 0.692. The molecule has 1 aromatic carbocycles. The third-order valence-corrected chi connectivity index (χ3v) is 1.52. The Hall–Kier alpha value is -0.530. The van der Waals surface area contributed by atoms with Gasteiger partial charge in [0.1, 0.15) is 0 Å². The molecule has 0 aliphatic rings. The summed E-state index contributed by atoms with van der Waals surface area (Å²) >= 11 is 5.00. The van der Waals surface area contributed by atoms with Crippen LogP contribution in [0.3, 0.4) is 0 Å². The van der Waals surface area contributed by atoms with E-state index in [1.165, 1.54) is 5.56 Å². The summed E-state index contributed by atoms with van der Waals surface area (Å²) in [6, 6.07) is 10.1. The Bertz CT molecular complexity index is 213. The number of hydrogen-bond acceptors (Lipinski definition) is 1. The zero-order valence-corrected chi connectivity index (χ0v) is 9.31. The first kappa shape index (κ1) is 12.5. The van der Waals surface area contributed by atoms with Gasteiger partial charge in [-0.05, 0) is 19.4 Å². The number of nitrogens with two attached hydrogens (primary N) is 1. The lowest BCUT2D eigenvalue weighted by molar-refractivity contribution is 0.554. The minimum atomic E-state index is -0.207. The molecule has 74 valence electrons. The van der Waals surface area contributed by atoms with E-state index >= 15 is 0 Å². The molecule has 0 saturated heterocycles. The maximum Gasteiger partial charge on any atom is 0.0352 e. The van der Waals surface area contributed by atoms with Crippen molar-refractivity contribution in [3.8, 4) is 0 Å². The second kappa shape index (κ2) is 6.01. The van der Waals surface area contributed by atoms with Crippen LogP contribution < -0.4 is 5.73 Å². The van der Waals surface area contributed by atoms with Crippen LogP contribution in [0.15, 0.2) is 30.3 Å². The van der Waals surface area contributed by atoms with Crippen molar-refractivity contribution in [3.63, 3.8) is 0 Å². The highest BCUT2D eigenvalue weighted by Crippen LogP contribution is 2.14. The molecule has 0 radical (unpaired) electrons. The van der Waals surface area contributed by atoms with Crippen molar-refractivity contribution in [3.05, 3.63) is 35.9 Å². The van der Waals surface area contributed by atoms with Crippen molar-refractivity contribution in [2.45, 2.75) is 26.3 Å². The van der Waals surface area contributed by atoms with Crippen molar-refractivity contribution in [2.24, 2.45) is 5.73 Å². The zero-order valence-electron chi connectivity index (χ0n) is 8.55. The second-order valence-corrected chi connectivity index (χ2v) is 3.89. The summed E-state index contributed by atoms with van der Waals surface area (Å²) in [4.78, 5) is 0. The Morgan fingerprint density at radius 1 is 1.23 bits per heavy atom. The predicted octanol–water partition coefficient (Wildman–Crippen LogP) is 3.13.